The van der Waals surface area contributed by atoms with E-state index >= 15 is 0 Å². The minimum absolute atomic E-state index is 0.0310. The van der Waals surface area contributed by atoms with E-state index in [-0.39, 0.29) is 25.4 Å². The first kappa shape index (κ1) is 19.3. The number of ether oxygens (including phenoxy) is 1. The van der Waals surface area contributed by atoms with Gasteiger partial charge in [0.25, 0.3) is 0 Å². The number of alkyl halides is 3. The SMILES string of the molecule is N#CC1=C(c2cc(F)cc(OCC3CCC(C(F)(F)F)CC3)c2)CC=CN1. The number of dihydropyridines is 1. The zero-order valence-electron chi connectivity index (χ0n) is 14.7. The third-order valence-electron chi connectivity index (χ3n) is 5.10. The monoisotopic (exact) mass is 380 g/mol. The Labute approximate surface area is 155 Å². The molecule has 1 aliphatic heterocycles. The molecule has 0 bridgehead atoms. The standard InChI is InChI=1S/C20H20F4N2O/c21-16-8-14(18-2-1-7-26-19(18)11-25)9-17(10-16)27-12-13-3-5-15(6-4-13)20(22,23)24/h1,7-10,13,15,26H,2-6,12H2. The van der Waals surface area contributed by atoms with Crippen molar-refractivity contribution >= 4 is 5.57 Å². The van der Waals surface area contributed by atoms with Gasteiger partial charge in [-0.15, -0.1) is 0 Å². The number of hydrogen-bond donors (Lipinski definition) is 1. The molecule has 2 aliphatic rings. The van der Waals surface area contributed by atoms with Crippen LogP contribution in [0.15, 0.2) is 36.2 Å². The van der Waals surface area contributed by atoms with Crippen LogP contribution in [0, 0.1) is 29.0 Å². The highest BCUT2D eigenvalue weighted by Gasteiger charge is 2.41. The number of allylic oxidation sites excluding steroid dienone is 3. The summed E-state index contributed by atoms with van der Waals surface area (Å²) in [6, 6.07) is 6.31. The number of hydrogen-bond acceptors (Lipinski definition) is 3. The summed E-state index contributed by atoms with van der Waals surface area (Å²) < 4.78 is 57.9. The van der Waals surface area contributed by atoms with Gasteiger partial charge >= 0.3 is 6.18 Å². The van der Waals surface area contributed by atoms with Gasteiger partial charge in [0, 0.05) is 6.07 Å². The lowest BCUT2D eigenvalue weighted by Gasteiger charge is -2.29. The average Bonchev–Trinajstić information content (AvgIpc) is 2.65. The zero-order valence-corrected chi connectivity index (χ0v) is 14.7. The highest BCUT2D eigenvalue weighted by Crippen LogP contribution is 2.39. The Morgan fingerprint density at radius 2 is 1.89 bits per heavy atom. The molecule has 0 saturated heterocycles. The van der Waals surface area contributed by atoms with Crippen LogP contribution in [0.1, 0.15) is 37.7 Å². The van der Waals surface area contributed by atoms with Crippen molar-refractivity contribution in [2.75, 3.05) is 6.61 Å². The van der Waals surface area contributed by atoms with Crippen LogP contribution in [0.3, 0.4) is 0 Å². The maximum absolute atomic E-state index is 14.0. The van der Waals surface area contributed by atoms with Gasteiger partial charge in [0.2, 0.25) is 0 Å². The summed E-state index contributed by atoms with van der Waals surface area (Å²) in [6.45, 7) is 0.260. The van der Waals surface area contributed by atoms with Gasteiger partial charge in [-0.3, -0.25) is 0 Å². The topological polar surface area (TPSA) is 45.0 Å². The van der Waals surface area contributed by atoms with Gasteiger partial charge in [-0.05, 0) is 67.5 Å². The van der Waals surface area contributed by atoms with Crippen LogP contribution in [0.5, 0.6) is 5.75 Å². The van der Waals surface area contributed by atoms with E-state index in [1.807, 2.05) is 6.08 Å². The minimum atomic E-state index is -4.13. The third kappa shape index (κ3) is 4.82. The third-order valence-corrected chi connectivity index (χ3v) is 5.10. The molecule has 1 N–H and O–H groups in total. The molecule has 1 aromatic carbocycles. The molecule has 7 heteroatoms. The first-order valence-electron chi connectivity index (χ1n) is 8.92. The Morgan fingerprint density at radius 3 is 2.56 bits per heavy atom. The summed E-state index contributed by atoms with van der Waals surface area (Å²) in [6.07, 6.45) is 0.995. The average molecular weight is 380 g/mol. The molecule has 3 rings (SSSR count). The largest absolute Gasteiger partial charge is 0.493 e. The van der Waals surface area contributed by atoms with E-state index < -0.39 is 17.9 Å². The lowest BCUT2D eigenvalue weighted by atomic mass is 9.82. The molecule has 0 aromatic heterocycles. The van der Waals surface area contributed by atoms with Crippen molar-refractivity contribution in [3.05, 3.63) is 47.6 Å². The van der Waals surface area contributed by atoms with Crippen molar-refractivity contribution in [3.63, 3.8) is 0 Å². The fraction of sp³-hybridized carbons (Fsp3) is 0.450. The lowest BCUT2D eigenvalue weighted by molar-refractivity contribution is -0.184. The van der Waals surface area contributed by atoms with E-state index in [2.05, 4.69) is 11.4 Å². The molecular formula is C20H20F4N2O. The van der Waals surface area contributed by atoms with Gasteiger partial charge in [-0.1, -0.05) is 6.08 Å². The molecule has 144 valence electrons. The number of nitriles is 1. The van der Waals surface area contributed by atoms with Crippen LogP contribution in [0.4, 0.5) is 17.6 Å². The molecular weight excluding hydrogens is 360 g/mol. The van der Waals surface area contributed by atoms with Crippen molar-refractivity contribution < 1.29 is 22.3 Å². The van der Waals surface area contributed by atoms with E-state index in [9.17, 15) is 22.8 Å². The van der Waals surface area contributed by atoms with Crippen LogP contribution < -0.4 is 10.1 Å². The highest BCUT2D eigenvalue weighted by molar-refractivity contribution is 5.74. The summed E-state index contributed by atoms with van der Waals surface area (Å²) in [5, 5.41) is 12.0. The van der Waals surface area contributed by atoms with E-state index in [0.717, 1.165) is 0 Å². The van der Waals surface area contributed by atoms with Crippen molar-refractivity contribution in [1.82, 2.24) is 5.32 Å². The van der Waals surface area contributed by atoms with Crippen LogP contribution in [0.2, 0.25) is 0 Å². The van der Waals surface area contributed by atoms with Crippen molar-refractivity contribution in [2.45, 2.75) is 38.3 Å². The summed E-state index contributed by atoms with van der Waals surface area (Å²) in [7, 11) is 0. The van der Waals surface area contributed by atoms with Crippen LogP contribution in [-0.4, -0.2) is 12.8 Å². The van der Waals surface area contributed by atoms with Crippen molar-refractivity contribution in [1.29, 1.82) is 5.26 Å². The molecule has 0 unspecified atom stereocenters. The Balaban J connectivity index is 1.64. The Bertz CT molecular complexity index is 784. The number of nitrogens with one attached hydrogen (secondary N) is 1. The molecule has 27 heavy (non-hydrogen) atoms. The molecule has 1 saturated carbocycles. The molecule has 1 fully saturated rings. The van der Waals surface area contributed by atoms with E-state index in [0.29, 0.717) is 41.8 Å². The fourth-order valence-corrected chi connectivity index (χ4v) is 3.56. The van der Waals surface area contributed by atoms with Gasteiger partial charge < -0.3 is 10.1 Å². The second-order valence-electron chi connectivity index (χ2n) is 6.96. The van der Waals surface area contributed by atoms with Gasteiger partial charge in [0.05, 0.1) is 12.5 Å². The summed E-state index contributed by atoms with van der Waals surface area (Å²) in [5.74, 6) is -1.36. The quantitative estimate of drug-likeness (QED) is 0.720. The second-order valence-corrected chi connectivity index (χ2v) is 6.96. The smallest absolute Gasteiger partial charge is 0.391 e. The number of benzene rings is 1. The molecule has 0 atom stereocenters. The zero-order chi connectivity index (χ0) is 19.4. The maximum atomic E-state index is 14.0. The summed E-state index contributed by atoms with van der Waals surface area (Å²) >= 11 is 0. The van der Waals surface area contributed by atoms with Crippen molar-refractivity contribution in [2.24, 2.45) is 11.8 Å². The van der Waals surface area contributed by atoms with E-state index in [4.69, 9.17) is 4.74 Å². The summed E-state index contributed by atoms with van der Waals surface area (Å²) in [5.41, 5.74) is 1.59. The predicted molar refractivity (Wildman–Crippen MR) is 92.8 cm³/mol. The van der Waals surface area contributed by atoms with Crippen molar-refractivity contribution in [3.8, 4) is 11.8 Å². The first-order valence-corrected chi connectivity index (χ1v) is 8.92. The van der Waals surface area contributed by atoms with E-state index in [1.165, 1.54) is 12.1 Å². The minimum Gasteiger partial charge on any atom is -0.493 e. The number of halogens is 4. The van der Waals surface area contributed by atoms with Crippen LogP contribution >= 0.6 is 0 Å². The molecule has 0 radical (unpaired) electrons. The molecule has 0 amide bonds. The maximum Gasteiger partial charge on any atom is 0.391 e. The second kappa shape index (κ2) is 8.03. The van der Waals surface area contributed by atoms with Gasteiger partial charge in [-0.2, -0.15) is 18.4 Å². The van der Waals surface area contributed by atoms with Gasteiger partial charge in [0.1, 0.15) is 23.3 Å². The fourth-order valence-electron chi connectivity index (χ4n) is 3.56. The summed E-state index contributed by atoms with van der Waals surface area (Å²) in [4.78, 5) is 0. The Kier molecular flexibility index (Phi) is 5.73. The van der Waals surface area contributed by atoms with Gasteiger partial charge in [0.15, 0.2) is 0 Å². The molecule has 1 heterocycles. The van der Waals surface area contributed by atoms with Crippen LogP contribution in [-0.2, 0) is 0 Å². The molecule has 1 aromatic rings. The van der Waals surface area contributed by atoms with Crippen LogP contribution in [0.25, 0.3) is 5.57 Å². The number of nitrogens with zero attached hydrogens (tertiary/aromatic N) is 1. The van der Waals surface area contributed by atoms with Gasteiger partial charge in [-0.25, -0.2) is 4.39 Å². The number of rotatable bonds is 4. The highest BCUT2D eigenvalue weighted by atomic mass is 19.4. The van der Waals surface area contributed by atoms with E-state index in [1.54, 1.807) is 12.3 Å². The molecule has 3 nitrogen and oxygen atoms in total. The molecule has 1 aliphatic carbocycles. The molecule has 0 spiro atoms. The normalized spacial score (nSPS) is 22.9. The predicted octanol–water partition coefficient (Wildman–Crippen LogP) is 5.31. The Morgan fingerprint density at radius 1 is 1.15 bits per heavy atom. The Hall–Kier alpha value is -2.49. The first-order chi connectivity index (χ1) is 12.9. The lowest BCUT2D eigenvalue weighted by Crippen LogP contribution is -2.29.